The third-order valence-corrected chi connectivity index (χ3v) is 2.52. The van der Waals surface area contributed by atoms with Crippen LogP contribution in [-0.4, -0.2) is 11.6 Å². The fourth-order valence-electron chi connectivity index (χ4n) is 1.54. The molecule has 1 heterocycles. The van der Waals surface area contributed by atoms with Gasteiger partial charge in [-0.15, -0.1) is 0 Å². The Hall–Kier alpha value is -2.36. The van der Waals surface area contributed by atoms with Crippen LogP contribution in [0.1, 0.15) is 5.56 Å². The van der Waals surface area contributed by atoms with Crippen molar-refractivity contribution in [2.45, 2.75) is 6.54 Å². The number of hydrogen-bond donors (Lipinski definition) is 1. The first-order valence-corrected chi connectivity index (χ1v) is 5.96. The van der Waals surface area contributed by atoms with Gasteiger partial charge >= 0.3 is 0 Å². The lowest BCUT2D eigenvalue weighted by atomic mass is 10.2. The van der Waals surface area contributed by atoms with Crippen LogP contribution < -0.4 is 10.1 Å². The van der Waals surface area contributed by atoms with E-state index in [1.54, 1.807) is 12.1 Å². The lowest BCUT2D eigenvalue weighted by Crippen LogP contribution is -2.00. The quantitative estimate of drug-likeness (QED) is 0.637. The molecule has 2 rings (SSSR count). The van der Waals surface area contributed by atoms with Crippen LogP contribution in [0.2, 0.25) is 0 Å². The summed E-state index contributed by atoms with van der Waals surface area (Å²) in [6.45, 7) is 4.74. The number of benzene rings is 1. The molecule has 0 saturated heterocycles. The number of pyridine rings is 1. The van der Waals surface area contributed by atoms with Gasteiger partial charge in [-0.25, -0.2) is 4.98 Å². The van der Waals surface area contributed by atoms with Crippen molar-refractivity contribution in [3.63, 3.8) is 0 Å². The second kappa shape index (κ2) is 6.54. The van der Waals surface area contributed by atoms with Gasteiger partial charge in [0.1, 0.15) is 12.4 Å². The molecule has 1 aromatic carbocycles. The van der Waals surface area contributed by atoms with E-state index >= 15 is 0 Å². The second-order valence-corrected chi connectivity index (χ2v) is 3.97. The highest BCUT2D eigenvalue weighted by molar-refractivity contribution is 5.41. The van der Waals surface area contributed by atoms with E-state index in [1.807, 2.05) is 24.3 Å². The summed E-state index contributed by atoms with van der Waals surface area (Å²) in [4.78, 5) is 3.58. The Kier molecular flexibility index (Phi) is 4.50. The van der Waals surface area contributed by atoms with Gasteiger partial charge in [-0.3, -0.25) is 0 Å². The van der Waals surface area contributed by atoms with E-state index in [9.17, 15) is 4.39 Å². The van der Waals surface area contributed by atoms with E-state index in [2.05, 4.69) is 16.9 Å². The molecule has 0 aliphatic rings. The molecule has 98 valence electrons. The summed E-state index contributed by atoms with van der Waals surface area (Å²) < 4.78 is 18.0. The molecule has 0 amide bonds. The van der Waals surface area contributed by atoms with E-state index in [0.29, 0.717) is 13.2 Å². The minimum atomic E-state index is -0.478. The Morgan fingerprint density at radius 1 is 1.21 bits per heavy atom. The predicted octanol–water partition coefficient (Wildman–Crippen LogP) is 3.40. The first kappa shape index (κ1) is 13.1. The number of nitrogens with zero attached hydrogens (tertiary/aromatic N) is 1. The van der Waals surface area contributed by atoms with Crippen LogP contribution in [-0.2, 0) is 6.54 Å². The zero-order chi connectivity index (χ0) is 13.5. The summed E-state index contributed by atoms with van der Waals surface area (Å²) in [7, 11) is 0. The maximum Gasteiger partial charge on any atom is 0.212 e. The van der Waals surface area contributed by atoms with Crippen molar-refractivity contribution >= 4 is 5.69 Å². The van der Waals surface area contributed by atoms with Crippen LogP contribution in [0.5, 0.6) is 5.75 Å². The third kappa shape index (κ3) is 4.10. The number of ether oxygens (including phenoxy) is 1. The summed E-state index contributed by atoms with van der Waals surface area (Å²) in [5, 5.41) is 3.16. The highest BCUT2D eigenvalue weighted by Crippen LogP contribution is 2.14. The SMILES string of the molecule is C=CCOc1ccc(CNc2ccc(F)nc2)cc1. The van der Waals surface area contributed by atoms with Crippen LogP contribution in [0.3, 0.4) is 0 Å². The van der Waals surface area contributed by atoms with Crippen LogP contribution in [0.25, 0.3) is 0 Å². The molecule has 1 aromatic heterocycles. The van der Waals surface area contributed by atoms with Crippen molar-refractivity contribution in [3.05, 3.63) is 66.8 Å². The first-order chi connectivity index (χ1) is 9.28. The largest absolute Gasteiger partial charge is 0.490 e. The topological polar surface area (TPSA) is 34.1 Å². The van der Waals surface area contributed by atoms with E-state index < -0.39 is 5.95 Å². The second-order valence-electron chi connectivity index (χ2n) is 3.97. The molecule has 2 aromatic rings. The van der Waals surface area contributed by atoms with Crippen molar-refractivity contribution < 1.29 is 9.13 Å². The standard InChI is InChI=1S/C15H15FN2O/c1-2-9-19-14-6-3-12(4-7-14)10-17-13-5-8-15(16)18-11-13/h2-8,11,17H,1,9-10H2. The molecular weight excluding hydrogens is 243 g/mol. The van der Waals surface area contributed by atoms with Crippen molar-refractivity contribution in [2.75, 3.05) is 11.9 Å². The summed E-state index contributed by atoms with van der Waals surface area (Å²) in [6, 6.07) is 10.7. The number of nitrogens with one attached hydrogen (secondary N) is 1. The summed E-state index contributed by atoms with van der Waals surface area (Å²) in [6.07, 6.45) is 3.17. The lowest BCUT2D eigenvalue weighted by Gasteiger charge is -2.07. The highest BCUT2D eigenvalue weighted by atomic mass is 19.1. The van der Waals surface area contributed by atoms with Crippen molar-refractivity contribution in [1.29, 1.82) is 0 Å². The van der Waals surface area contributed by atoms with Crippen LogP contribution >= 0.6 is 0 Å². The highest BCUT2D eigenvalue weighted by Gasteiger charge is 1.97. The van der Waals surface area contributed by atoms with Crippen molar-refractivity contribution in [1.82, 2.24) is 4.98 Å². The molecule has 0 spiro atoms. The molecule has 19 heavy (non-hydrogen) atoms. The Labute approximate surface area is 111 Å². The number of halogens is 1. The van der Waals surface area contributed by atoms with E-state index in [-0.39, 0.29) is 0 Å². The van der Waals surface area contributed by atoms with Crippen LogP contribution in [0, 0.1) is 5.95 Å². The van der Waals surface area contributed by atoms with E-state index in [4.69, 9.17) is 4.74 Å². The number of rotatable bonds is 6. The molecule has 0 fully saturated rings. The summed E-state index contributed by atoms with van der Waals surface area (Å²) in [5.41, 5.74) is 1.89. The molecule has 0 unspecified atom stereocenters. The van der Waals surface area contributed by atoms with Crippen LogP contribution in [0.15, 0.2) is 55.3 Å². The normalized spacial score (nSPS) is 9.95. The molecule has 3 nitrogen and oxygen atoms in total. The smallest absolute Gasteiger partial charge is 0.212 e. The minimum Gasteiger partial charge on any atom is -0.490 e. The minimum absolute atomic E-state index is 0.478. The molecule has 0 bridgehead atoms. The van der Waals surface area contributed by atoms with Gasteiger partial charge in [0.05, 0.1) is 11.9 Å². The van der Waals surface area contributed by atoms with Gasteiger partial charge in [0, 0.05) is 6.54 Å². The van der Waals surface area contributed by atoms with Gasteiger partial charge in [-0.05, 0) is 29.8 Å². The fraction of sp³-hybridized carbons (Fsp3) is 0.133. The number of hydrogen-bond acceptors (Lipinski definition) is 3. The third-order valence-electron chi connectivity index (χ3n) is 2.52. The first-order valence-electron chi connectivity index (χ1n) is 5.96. The molecule has 0 radical (unpaired) electrons. The zero-order valence-electron chi connectivity index (χ0n) is 10.5. The van der Waals surface area contributed by atoms with Crippen LogP contribution in [0.4, 0.5) is 10.1 Å². The molecule has 1 N–H and O–H groups in total. The van der Waals surface area contributed by atoms with Crippen molar-refractivity contribution in [3.8, 4) is 5.75 Å². The average molecular weight is 258 g/mol. The van der Waals surface area contributed by atoms with Gasteiger partial charge in [0.2, 0.25) is 5.95 Å². The van der Waals surface area contributed by atoms with Gasteiger partial charge in [0.25, 0.3) is 0 Å². The molecule has 0 saturated carbocycles. The molecule has 4 heteroatoms. The molecule has 0 aliphatic carbocycles. The Morgan fingerprint density at radius 2 is 2.00 bits per heavy atom. The molecule has 0 aliphatic heterocycles. The maximum absolute atomic E-state index is 12.6. The summed E-state index contributed by atoms with van der Waals surface area (Å²) in [5.74, 6) is 0.335. The van der Waals surface area contributed by atoms with E-state index in [1.165, 1.54) is 12.3 Å². The Morgan fingerprint density at radius 3 is 2.63 bits per heavy atom. The number of anilines is 1. The Bertz CT molecular complexity index is 523. The van der Waals surface area contributed by atoms with Gasteiger partial charge in [-0.2, -0.15) is 4.39 Å². The average Bonchev–Trinajstić information content (AvgIpc) is 2.46. The van der Waals surface area contributed by atoms with Crippen molar-refractivity contribution in [2.24, 2.45) is 0 Å². The monoisotopic (exact) mass is 258 g/mol. The van der Waals surface area contributed by atoms with E-state index in [0.717, 1.165) is 17.0 Å². The Balaban J connectivity index is 1.89. The maximum atomic E-state index is 12.6. The zero-order valence-corrected chi connectivity index (χ0v) is 10.5. The molecule has 0 atom stereocenters. The van der Waals surface area contributed by atoms with Gasteiger partial charge < -0.3 is 10.1 Å². The lowest BCUT2D eigenvalue weighted by molar-refractivity contribution is 0.363. The van der Waals surface area contributed by atoms with Gasteiger partial charge in [0.15, 0.2) is 0 Å². The number of aromatic nitrogens is 1. The predicted molar refractivity (Wildman–Crippen MR) is 73.7 cm³/mol. The molecular formula is C15H15FN2O. The van der Waals surface area contributed by atoms with Gasteiger partial charge in [-0.1, -0.05) is 24.8 Å². The fourth-order valence-corrected chi connectivity index (χ4v) is 1.54. The summed E-state index contributed by atoms with van der Waals surface area (Å²) >= 11 is 0.